The molecule has 1 heterocycles. The van der Waals surface area contributed by atoms with Crippen molar-refractivity contribution in [2.75, 3.05) is 13.7 Å². The van der Waals surface area contributed by atoms with E-state index >= 15 is 0 Å². The molecule has 0 saturated carbocycles. The monoisotopic (exact) mass is 441 g/mol. The van der Waals surface area contributed by atoms with E-state index in [1.54, 1.807) is 37.3 Å². The molecule has 0 radical (unpaired) electrons. The molecule has 0 bridgehead atoms. The van der Waals surface area contributed by atoms with Gasteiger partial charge in [-0.2, -0.15) is 0 Å². The van der Waals surface area contributed by atoms with Gasteiger partial charge in [0.25, 0.3) is 10.0 Å². The van der Waals surface area contributed by atoms with Crippen molar-refractivity contribution in [3.63, 3.8) is 0 Å². The third-order valence-corrected chi connectivity index (χ3v) is 6.87. The van der Waals surface area contributed by atoms with Gasteiger partial charge in [0.1, 0.15) is 6.23 Å². The molecule has 0 saturated heterocycles. The predicted molar refractivity (Wildman–Crippen MR) is 119 cm³/mol. The van der Waals surface area contributed by atoms with Crippen LogP contribution >= 0.6 is 0 Å². The first-order valence-electron chi connectivity index (χ1n) is 10.1. The van der Waals surface area contributed by atoms with Gasteiger partial charge >= 0.3 is 5.97 Å². The first kappa shape index (κ1) is 22.8. The van der Waals surface area contributed by atoms with E-state index in [9.17, 15) is 13.2 Å². The Labute approximate surface area is 183 Å². The molecule has 2 atom stereocenters. The summed E-state index contributed by atoms with van der Waals surface area (Å²) in [6, 6.07) is 16.2. The molecule has 0 amide bonds. The Balaban J connectivity index is 2.06. The zero-order valence-electron chi connectivity index (χ0n) is 17.9. The maximum absolute atomic E-state index is 13.4. The summed E-state index contributed by atoms with van der Waals surface area (Å²) in [6.07, 6.45) is 4.45. The van der Waals surface area contributed by atoms with Crippen molar-refractivity contribution >= 4 is 22.1 Å². The number of nitrogens with zero attached hydrogens (tertiary/aromatic N) is 1. The summed E-state index contributed by atoms with van der Waals surface area (Å²) in [7, 11) is -2.55. The van der Waals surface area contributed by atoms with Crippen LogP contribution in [0.4, 0.5) is 0 Å². The number of allylic oxidation sites excluding steroid dienone is 1. The average molecular weight is 442 g/mol. The largest absolute Gasteiger partial charge is 0.469 e. The number of benzene rings is 2. The van der Waals surface area contributed by atoms with E-state index in [0.717, 1.165) is 11.1 Å². The van der Waals surface area contributed by atoms with Crippen LogP contribution in [0.2, 0.25) is 0 Å². The van der Waals surface area contributed by atoms with Gasteiger partial charge in [-0.25, -0.2) is 12.7 Å². The Morgan fingerprint density at radius 1 is 1.10 bits per heavy atom. The van der Waals surface area contributed by atoms with Crippen molar-refractivity contribution in [2.45, 2.75) is 31.4 Å². The van der Waals surface area contributed by atoms with E-state index in [1.165, 1.54) is 17.6 Å². The standard InChI is InChI=1S/C24H27NO5S/c1-4-30-23-16-22(24(26)29-3)20(13-12-19-8-6-5-7-9-19)17-25(23)31(27,28)21-14-10-18(2)11-15-21/h5-15,17,22-23H,4,16H2,1-3H3/b13-12+/t22-,23+/m1/s1. The maximum Gasteiger partial charge on any atom is 0.313 e. The lowest BCUT2D eigenvalue weighted by Crippen LogP contribution is -2.44. The van der Waals surface area contributed by atoms with Crippen LogP contribution in [-0.4, -0.2) is 38.6 Å². The second kappa shape index (κ2) is 9.94. The van der Waals surface area contributed by atoms with Crippen molar-refractivity contribution in [2.24, 2.45) is 5.92 Å². The number of hydrogen-bond acceptors (Lipinski definition) is 5. The number of sulfonamides is 1. The first-order valence-corrected chi connectivity index (χ1v) is 11.5. The van der Waals surface area contributed by atoms with E-state index in [1.807, 2.05) is 43.3 Å². The molecule has 2 aromatic rings. The second-order valence-electron chi connectivity index (χ2n) is 7.24. The van der Waals surface area contributed by atoms with Gasteiger partial charge in [0, 0.05) is 19.2 Å². The molecule has 0 N–H and O–H groups in total. The van der Waals surface area contributed by atoms with Crippen LogP contribution in [0.5, 0.6) is 0 Å². The minimum atomic E-state index is -3.88. The number of hydrogen-bond donors (Lipinski definition) is 0. The summed E-state index contributed by atoms with van der Waals surface area (Å²) in [5.74, 6) is -1.06. The Hall–Kier alpha value is -2.90. The lowest BCUT2D eigenvalue weighted by Gasteiger charge is -2.36. The van der Waals surface area contributed by atoms with Crippen molar-refractivity contribution in [3.8, 4) is 0 Å². The highest BCUT2D eigenvalue weighted by atomic mass is 32.2. The topological polar surface area (TPSA) is 72.9 Å². The lowest BCUT2D eigenvalue weighted by atomic mass is 9.92. The van der Waals surface area contributed by atoms with Crippen LogP contribution in [0.25, 0.3) is 6.08 Å². The summed E-state index contributed by atoms with van der Waals surface area (Å²) in [4.78, 5) is 12.7. The molecule has 6 nitrogen and oxygen atoms in total. The van der Waals surface area contributed by atoms with Crippen LogP contribution in [0, 0.1) is 12.8 Å². The molecule has 0 unspecified atom stereocenters. The van der Waals surface area contributed by atoms with E-state index in [-0.39, 0.29) is 11.3 Å². The van der Waals surface area contributed by atoms with Crippen molar-refractivity contribution in [1.82, 2.24) is 4.31 Å². The number of carbonyl (C=O) groups excluding carboxylic acids is 1. The Bertz CT molecular complexity index is 1060. The molecule has 0 fully saturated rings. The van der Waals surface area contributed by atoms with Crippen LogP contribution in [-0.2, 0) is 24.3 Å². The lowest BCUT2D eigenvalue weighted by molar-refractivity contribution is -0.146. The van der Waals surface area contributed by atoms with Gasteiger partial charge in [0.2, 0.25) is 0 Å². The Morgan fingerprint density at radius 3 is 2.39 bits per heavy atom. The summed E-state index contributed by atoms with van der Waals surface area (Å²) in [5, 5.41) is 0. The molecule has 164 valence electrons. The average Bonchev–Trinajstić information content (AvgIpc) is 2.78. The number of aryl methyl sites for hydroxylation is 1. The van der Waals surface area contributed by atoms with E-state index in [0.29, 0.717) is 12.2 Å². The Kier molecular flexibility index (Phi) is 7.30. The summed E-state index contributed by atoms with van der Waals surface area (Å²) in [5.41, 5.74) is 2.45. The smallest absolute Gasteiger partial charge is 0.313 e. The number of carbonyl (C=O) groups is 1. The molecular formula is C24H27NO5S. The van der Waals surface area contributed by atoms with Crippen molar-refractivity contribution in [1.29, 1.82) is 0 Å². The molecule has 1 aliphatic rings. The predicted octanol–water partition coefficient (Wildman–Crippen LogP) is 4.14. The van der Waals surface area contributed by atoms with Crippen LogP contribution < -0.4 is 0 Å². The number of ether oxygens (including phenoxy) is 2. The van der Waals surface area contributed by atoms with Gasteiger partial charge in [-0.1, -0.05) is 60.2 Å². The normalized spacial score (nSPS) is 19.3. The minimum Gasteiger partial charge on any atom is -0.469 e. The van der Waals surface area contributed by atoms with E-state index < -0.39 is 28.1 Å². The summed E-state index contributed by atoms with van der Waals surface area (Å²) < 4.78 is 38.7. The van der Waals surface area contributed by atoms with Crippen molar-refractivity contribution < 1.29 is 22.7 Å². The van der Waals surface area contributed by atoms with E-state index in [4.69, 9.17) is 9.47 Å². The van der Waals surface area contributed by atoms with Gasteiger partial charge in [-0.3, -0.25) is 4.79 Å². The van der Waals surface area contributed by atoms with Crippen LogP contribution in [0.3, 0.4) is 0 Å². The SMILES string of the molecule is CCO[C@H]1C[C@@H](C(=O)OC)C(/C=C/c2ccccc2)=CN1S(=O)(=O)c1ccc(C)cc1. The molecule has 1 aliphatic heterocycles. The number of esters is 1. The maximum atomic E-state index is 13.4. The van der Waals surface area contributed by atoms with Gasteiger partial charge in [-0.15, -0.1) is 0 Å². The molecule has 2 aromatic carbocycles. The number of rotatable bonds is 7. The van der Waals surface area contributed by atoms with Gasteiger partial charge in [-0.05, 0) is 37.1 Å². The fourth-order valence-electron chi connectivity index (χ4n) is 3.44. The summed E-state index contributed by atoms with van der Waals surface area (Å²) >= 11 is 0. The fourth-order valence-corrected chi connectivity index (χ4v) is 4.88. The van der Waals surface area contributed by atoms with E-state index in [2.05, 4.69) is 0 Å². The highest BCUT2D eigenvalue weighted by molar-refractivity contribution is 7.89. The Morgan fingerprint density at radius 2 is 1.77 bits per heavy atom. The molecule has 31 heavy (non-hydrogen) atoms. The minimum absolute atomic E-state index is 0.163. The van der Waals surface area contributed by atoms with Crippen LogP contribution in [0.15, 0.2) is 77.3 Å². The fraction of sp³-hybridized carbons (Fsp3) is 0.292. The molecule has 7 heteroatoms. The second-order valence-corrected chi connectivity index (χ2v) is 9.09. The van der Waals surface area contributed by atoms with Crippen LogP contribution in [0.1, 0.15) is 24.5 Å². The third kappa shape index (κ3) is 5.24. The summed E-state index contributed by atoms with van der Waals surface area (Å²) in [6.45, 7) is 3.99. The zero-order chi connectivity index (χ0) is 22.4. The first-order chi connectivity index (χ1) is 14.9. The molecule has 0 spiro atoms. The number of methoxy groups -OCH3 is 1. The van der Waals surface area contributed by atoms with Gasteiger partial charge in [0.05, 0.1) is 17.9 Å². The quantitative estimate of drug-likeness (QED) is 0.604. The highest BCUT2D eigenvalue weighted by Gasteiger charge is 2.39. The third-order valence-electron chi connectivity index (χ3n) is 5.11. The molecular weight excluding hydrogens is 414 g/mol. The molecule has 0 aliphatic carbocycles. The zero-order valence-corrected chi connectivity index (χ0v) is 18.7. The molecule has 3 rings (SSSR count). The molecule has 0 aromatic heterocycles. The highest BCUT2D eigenvalue weighted by Crippen LogP contribution is 2.33. The van der Waals surface area contributed by atoms with Gasteiger partial charge < -0.3 is 9.47 Å². The van der Waals surface area contributed by atoms with Gasteiger partial charge in [0.15, 0.2) is 0 Å². The van der Waals surface area contributed by atoms with Crippen molar-refractivity contribution in [3.05, 3.63) is 83.6 Å².